The van der Waals surface area contributed by atoms with E-state index in [4.69, 9.17) is 4.52 Å². The number of carbonyl (C=O) groups excluding carboxylic acids is 1. The number of hydrogen-bond donors (Lipinski definition) is 2. The summed E-state index contributed by atoms with van der Waals surface area (Å²) in [4.78, 5) is 14.9. The van der Waals surface area contributed by atoms with Crippen LogP contribution >= 0.6 is 0 Å². The highest BCUT2D eigenvalue weighted by Gasteiger charge is 2.24. The number of urea groups is 1. The number of aromatic nitrogens is 1. The molecule has 0 saturated carbocycles. The maximum atomic E-state index is 12.5. The molecule has 0 bridgehead atoms. The van der Waals surface area contributed by atoms with Gasteiger partial charge in [-0.1, -0.05) is 35.0 Å². The third-order valence-corrected chi connectivity index (χ3v) is 6.31. The number of aryl methyl sites for hydroxylation is 2. The highest BCUT2D eigenvalue weighted by molar-refractivity contribution is 6.00. The second-order valence-corrected chi connectivity index (χ2v) is 8.59. The van der Waals surface area contributed by atoms with E-state index in [1.807, 2.05) is 43.3 Å². The number of benzene rings is 2. The van der Waals surface area contributed by atoms with Crippen molar-refractivity contribution in [2.24, 2.45) is 0 Å². The van der Waals surface area contributed by atoms with Gasteiger partial charge in [-0.2, -0.15) is 0 Å². The molecule has 2 aliphatic rings. The molecule has 2 aromatic carbocycles. The predicted octanol–water partition coefficient (Wildman–Crippen LogP) is 5.06. The number of hydrogen-bond acceptors (Lipinski definition) is 4. The third kappa shape index (κ3) is 4.35. The van der Waals surface area contributed by atoms with E-state index >= 15 is 0 Å². The van der Waals surface area contributed by atoms with Crippen LogP contribution < -0.4 is 10.6 Å². The van der Waals surface area contributed by atoms with E-state index in [9.17, 15) is 4.79 Å². The maximum absolute atomic E-state index is 12.5. The maximum Gasteiger partial charge on any atom is 0.323 e. The smallest absolute Gasteiger partial charge is 0.323 e. The summed E-state index contributed by atoms with van der Waals surface area (Å²) in [6, 6.07) is 13.7. The summed E-state index contributed by atoms with van der Waals surface area (Å²) < 4.78 is 5.59. The Morgan fingerprint density at radius 1 is 1.03 bits per heavy atom. The highest BCUT2D eigenvalue weighted by atomic mass is 16.5. The van der Waals surface area contributed by atoms with Gasteiger partial charge in [0.15, 0.2) is 0 Å². The van der Waals surface area contributed by atoms with Gasteiger partial charge in [0.25, 0.3) is 0 Å². The Labute approximate surface area is 182 Å². The quantitative estimate of drug-likeness (QED) is 0.623. The molecule has 31 heavy (non-hydrogen) atoms. The van der Waals surface area contributed by atoms with Crippen molar-refractivity contribution in [2.45, 2.75) is 52.1 Å². The normalized spacial score (nSPS) is 15.8. The lowest BCUT2D eigenvalue weighted by Crippen LogP contribution is -2.31. The Bertz CT molecular complexity index is 1090. The molecule has 5 rings (SSSR count). The number of amides is 2. The summed E-state index contributed by atoms with van der Waals surface area (Å²) in [5, 5.41) is 10.3. The number of nitrogens with zero attached hydrogens (tertiary/aromatic N) is 2. The third-order valence-electron chi connectivity index (χ3n) is 6.31. The molecule has 2 N–H and O–H groups in total. The van der Waals surface area contributed by atoms with Crippen molar-refractivity contribution in [1.82, 2.24) is 10.1 Å². The van der Waals surface area contributed by atoms with Crippen LogP contribution in [0.3, 0.4) is 0 Å². The van der Waals surface area contributed by atoms with Crippen molar-refractivity contribution in [3.63, 3.8) is 0 Å². The molecule has 1 aliphatic carbocycles. The second-order valence-electron chi connectivity index (χ2n) is 8.59. The first-order valence-electron chi connectivity index (χ1n) is 11.1. The lowest BCUT2D eigenvalue weighted by molar-refractivity contribution is 0.237. The zero-order valence-electron chi connectivity index (χ0n) is 17.9. The molecule has 0 atom stereocenters. The van der Waals surface area contributed by atoms with Crippen molar-refractivity contribution in [3.05, 3.63) is 76.2 Å². The fraction of sp³-hybridized carbons (Fsp3) is 0.360. The van der Waals surface area contributed by atoms with Crippen molar-refractivity contribution in [3.8, 4) is 0 Å². The van der Waals surface area contributed by atoms with Crippen LogP contribution in [-0.4, -0.2) is 22.6 Å². The molecule has 0 fully saturated rings. The molecule has 6 nitrogen and oxygen atoms in total. The predicted molar refractivity (Wildman–Crippen MR) is 121 cm³/mol. The monoisotopic (exact) mass is 416 g/mol. The Hall–Kier alpha value is -3.12. The van der Waals surface area contributed by atoms with E-state index in [0.717, 1.165) is 61.7 Å². The molecule has 3 aromatic rings. The number of carbonyl (C=O) groups is 1. The van der Waals surface area contributed by atoms with E-state index in [0.29, 0.717) is 0 Å². The Kier molecular flexibility index (Phi) is 5.47. The fourth-order valence-corrected chi connectivity index (χ4v) is 4.63. The van der Waals surface area contributed by atoms with E-state index < -0.39 is 0 Å². The van der Waals surface area contributed by atoms with Crippen LogP contribution in [0.2, 0.25) is 0 Å². The summed E-state index contributed by atoms with van der Waals surface area (Å²) in [6.45, 7) is 4.64. The summed E-state index contributed by atoms with van der Waals surface area (Å²) in [6.07, 6.45) is 5.43. The van der Waals surface area contributed by atoms with Crippen LogP contribution in [0.4, 0.5) is 16.2 Å². The molecule has 2 amide bonds. The molecule has 1 aliphatic heterocycles. The highest BCUT2D eigenvalue weighted by Crippen LogP contribution is 2.29. The lowest BCUT2D eigenvalue weighted by Gasteiger charge is -2.29. The molecular weight excluding hydrogens is 388 g/mol. The standard InChI is InChI=1S/C25H28N4O2/c1-17-9-11-19(12-10-17)26-25(30)27-22-7-4-5-18-15-29(14-13-20(18)22)16-23-21-6-2-3-8-24(21)31-28-23/h4-5,7,9-12H,2-3,6,8,13-16H2,1H3,(H2,26,27,30). The summed E-state index contributed by atoms with van der Waals surface area (Å²) in [5.41, 5.74) is 7.76. The van der Waals surface area contributed by atoms with Crippen molar-refractivity contribution in [2.75, 3.05) is 17.2 Å². The fourth-order valence-electron chi connectivity index (χ4n) is 4.63. The SMILES string of the molecule is Cc1ccc(NC(=O)Nc2cccc3c2CCN(Cc2noc4c2CCCC4)C3)cc1. The topological polar surface area (TPSA) is 70.4 Å². The van der Waals surface area contributed by atoms with Gasteiger partial charge in [0.1, 0.15) is 11.5 Å². The minimum Gasteiger partial charge on any atom is -0.361 e. The first-order valence-corrected chi connectivity index (χ1v) is 11.1. The molecule has 0 saturated heterocycles. The van der Waals surface area contributed by atoms with Crippen molar-refractivity contribution < 1.29 is 9.32 Å². The van der Waals surface area contributed by atoms with Gasteiger partial charge in [-0.3, -0.25) is 4.90 Å². The average molecular weight is 417 g/mol. The molecular formula is C25H28N4O2. The van der Waals surface area contributed by atoms with E-state index in [-0.39, 0.29) is 6.03 Å². The largest absolute Gasteiger partial charge is 0.361 e. The molecule has 0 spiro atoms. The molecule has 2 heterocycles. The minimum absolute atomic E-state index is 0.214. The van der Waals surface area contributed by atoms with Gasteiger partial charge in [-0.05, 0) is 61.9 Å². The van der Waals surface area contributed by atoms with Gasteiger partial charge in [0.05, 0.1) is 0 Å². The average Bonchev–Trinajstić information content (AvgIpc) is 3.18. The van der Waals surface area contributed by atoms with Gasteiger partial charge in [0.2, 0.25) is 0 Å². The van der Waals surface area contributed by atoms with Gasteiger partial charge in [-0.15, -0.1) is 0 Å². The summed E-state index contributed by atoms with van der Waals surface area (Å²) in [7, 11) is 0. The van der Waals surface area contributed by atoms with E-state index in [1.54, 1.807) is 0 Å². The van der Waals surface area contributed by atoms with Crippen molar-refractivity contribution >= 4 is 17.4 Å². The van der Waals surface area contributed by atoms with E-state index in [1.165, 1.54) is 35.1 Å². The number of fused-ring (bicyclic) bond motifs is 2. The zero-order chi connectivity index (χ0) is 21.2. The van der Waals surface area contributed by atoms with E-state index in [2.05, 4.69) is 26.8 Å². The van der Waals surface area contributed by atoms with Crippen LogP contribution in [0, 0.1) is 6.92 Å². The summed E-state index contributed by atoms with van der Waals surface area (Å²) in [5.74, 6) is 1.09. The Balaban J connectivity index is 1.25. The second kappa shape index (κ2) is 8.55. The van der Waals surface area contributed by atoms with Crippen LogP contribution in [0.5, 0.6) is 0 Å². The van der Waals surface area contributed by atoms with Gasteiger partial charge in [0, 0.05) is 43.0 Å². The van der Waals surface area contributed by atoms with Crippen LogP contribution in [0.15, 0.2) is 47.0 Å². The van der Waals surface area contributed by atoms with Crippen LogP contribution in [0.1, 0.15) is 46.5 Å². The number of rotatable bonds is 4. The molecule has 0 radical (unpaired) electrons. The first-order chi connectivity index (χ1) is 15.2. The number of nitrogens with one attached hydrogen (secondary N) is 2. The Morgan fingerprint density at radius 2 is 1.87 bits per heavy atom. The van der Waals surface area contributed by atoms with Crippen molar-refractivity contribution in [1.29, 1.82) is 0 Å². The minimum atomic E-state index is -0.214. The molecule has 160 valence electrons. The molecule has 1 aromatic heterocycles. The molecule has 0 unspecified atom stereocenters. The van der Waals surface area contributed by atoms with Crippen LogP contribution in [0.25, 0.3) is 0 Å². The molecule has 6 heteroatoms. The zero-order valence-corrected chi connectivity index (χ0v) is 17.9. The lowest BCUT2D eigenvalue weighted by atomic mass is 9.95. The summed E-state index contributed by atoms with van der Waals surface area (Å²) >= 11 is 0. The van der Waals surface area contributed by atoms with Crippen LogP contribution in [-0.2, 0) is 32.4 Å². The van der Waals surface area contributed by atoms with Gasteiger partial charge < -0.3 is 15.2 Å². The van der Waals surface area contributed by atoms with Gasteiger partial charge in [-0.25, -0.2) is 4.79 Å². The first kappa shape index (κ1) is 19.8. The number of anilines is 2. The van der Waals surface area contributed by atoms with Gasteiger partial charge >= 0.3 is 6.03 Å². The Morgan fingerprint density at radius 3 is 2.74 bits per heavy atom.